The van der Waals surface area contributed by atoms with Crippen molar-refractivity contribution in [3.8, 4) is 0 Å². The zero-order valence-corrected chi connectivity index (χ0v) is 10.4. The molecule has 1 saturated heterocycles. The van der Waals surface area contributed by atoms with E-state index in [9.17, 15) is 4.79 Å². The van der Waals surface area contributed by atoms with Crippen LogP contribution in [-0.2, 0) is 9.53 Å². The summed E-state index contributed by atoms with van der Waals surface area (Å²) >= 11 is 0. The normalized spacial score (nSPS) is 27.1. The van der Waals surface area contributed by atoms with E-state index in [1.807, 2.05) is 6.92 Å². The summed E-state index contributed by atoms with van der Waals surface area (Å²) in [6.07, 6.45) is 1.43. The number of aliphatic hydroxyl groups is 1. The third-order valence-electron chi connectivity index (χ3n) is 3.29. The minimum Gasteiger partial charge on any atom is -0.396 e. The lowest BCUT2D eigenvalue weighted by Crippen LogP contribution is -2.43. The Balaban J connectivity index is 2.47. The lowest BCUT2D eigenvalue weighted by molar-refractivity contribution is -0.127. The molecule has 0 radical (unpaired) electrons. The molecule has 16 heavy (non-hydrogen) atoms. The highest BCUT2D eigenvalue weighted by Crippen LogP contribution is 2.21. The molecule has 4 nitrogen and oxygen atoms in total. The minimum atomic E-state index is -0.0278. The van der Waals surface area contributed by atoms with Gasteiger partial charge >= 0.3 is 0 Å². The highest BCUT2D eigenvalue weighted by Gasteiger charge is 2.32. The van der Waals surface area contributed by atoms with Gasteiger partial charge in [-0.3, -0.25) is 4.79 Å². The molecule has 1 heterocycles. The van der Waals surface area contributed by atoms with Crippen molar-refractivity contribution in [3.05, 3.63) is 0 Å². The lowest BCUT2D eigenvalue weighted by atomic mass is 9.97. The quantitative estimate of drug-likeness (QED) is 0.737. The Morgan fingerprint density at radius 2 is 2.25 bits per heavy atom. The monoisotopic (exact) mass is 229 g/mol. The van der Waals surface area contributed by atoms with Crippen molar-refractivity contribution in [3.63, 3.8) is 0 Å². The van der Waals surface area contributed by atoms with Crippen LogP contribution in [-0.4, -0.2) is 36.4 Å². The van der Waals surface area contributed by atoms with Gasteiger partial charge in [0, 0.05) is 19.3 Å². The molecule has 1 fully saturated rings. The van der Waals surface area contributed by atoms with Crippen LogP contribution in [0.2, 0.25) is 0 Å². The van der Waals surface area contributed by atoms with E-state index in [0.29, 0.717) is 18.9 Å². The topological polar surface area (TPSA) is 58.6 Å². The standard InChI is InChI=1S/C12H23NO3/c1-8(2)11(4-6-14)13-12(15)10-5-7-16-9(10)3/h8-11,14H,4-7H2,1-3H3,(H,13,15). The van der Waals surface area contributed by atoms with Gasteiger partial charge in [-0.05, 0) is 25.7 Å². The Labute approximate surface area is 97.4 Å². The molecule has 1 aliphatic rings. The number of rotatable bonds is 5. The molecule has 1 amide bonds. The van der Waals surface area contributed by atoms with E-state index in [1.54, 1.807) is 0 Å². The molecule has 1 rings (SSSR count). The van der Waals surface area contributed by atoms with Crippen molar-refractivity contribution in [1.82, 2.24) is 5.32 Å². The summed E-state index contributed by atoms with van der Waals surface area (Å²) in [5.74, 6) is 0.380. The number of carbonyl (C=O) groups excluding carboxylic acids is 1. The average molecular weight is 229 g/mol. The van der Waals surface area contributed by atoms with Gasteiger partial charge in [0.25, 0.3) is 0 Å². The van der Waals surface area contributed by atoms with Crippen LogP contribution in [0.15, 0.2) is 0 Å². The predicted molar refractivity (Wildman–Crippen MR) is 62.0 cm³/mol. The summed E-state index contributed by atoms with van der Waals surface area (Å²) < 4.78 is 5.38. The Kier molecular flexibility index (Phi) is 5.22. The Hall–Kier alpha value is -0.610. The molecule has 1 aliphatic heterocycles. The maximum atomic E-state index is 12.0. The molecular weight excluding hydrogens is 206 g/mol. The van der Waals surface area contributed by atoms with Crippen molar-refractivity contribution in [1.29, 1.82) is 0 Å². The minimum absolute atomic E-state index is 0.0157. The molecule has 0 aromatic carbocycles. The summed E-state index contributed by atoms with van der Waals surface area (Å²) in [6, 6.07) is 0.0605. The average Bonchev–Trinajstić information content (AvgIpc) is 2.63. The molecule has 0 aliphatic carbocycles. The predicted octanol–water partition coefficient (Wildman–Crippen LogP) is 0.935. The molecular formula is C12H23NO3. The van der Waals surface area contributed by atoms with Crippen LogP contribution in [0, 0.1) is 11.8 Å². The van der Waals surface area contributed by atoms with E-state index in [1.165, 1.54) is 0 Å². The summed E-state index contributed by atoms with van der Waals surface area (Å²) in [4.78, 5) is 12.0. The highest BCUT2D eigenvalue weighted by atomic mass is 16.5. The van der Waals surface area contributed by atoms with Gasteiger partial charge < -0.3 is 15.2 Å². The van der Waals surface area contributed by atoms with E-state index in [-0.39, 0.29) is 30.6 Å². The molecule has 0 aromatic rings. The Morgan fingerprint density at radius 1 is 1.56 bits per heavy atom. The van der Waals surface area contributed by atoms with E-state index in [0.717, 1.165) is 6.42 Å². The van der Waals surface area contributed by atoms with Crippen LogP contribution < -0.4 is 5.32 Å². The molecule has 3 unspecified atom stereocenters. The fourth-order valence-corrected chi connectivity index (χ4v) is 2.08. The molecule has 0 saturated carbocycles. The first kappa shape index (κ1) is 13.5. The fourth-order valence-electron chi connectivity index (χ4n) is 2.08. The van der Waals surface area contributed by atoms with E-state index >= 15 is 0 Å². The van der Waals surface area contributed by atoms with E-state index < -0.39 is 0 Å². The van der Waals surface area contributed by atoms with Gasteiger partial charge in [0.2, 0.25) is 5.91 Å². The third-order valence-corrected chi connectivity index (χ3v) is 3.29. The second-order valence-electron chi connectivity index (χ2n) is 4.84. The fraction of sp³-hybridized carbons (Fsp3) is 0.917. The number of carbonyl (C=O) groups is 1. The van der Waals surface area contributed by atoms with Crippen molar-refractivity contribution in [2.45, 2.75) is 45.8 Å². The van der Waals surface area contributed by atoms with Crippen molar-refractivity contribution in [2.24, 2.45) is 11.8 Å². The van der Waals surface area contributed by atoms with Crippen LogP contribution in [0.25, 0.3) is 0 Å². The molecule has 3 atom stereocenters. The number of hydrogen-bond acceptors (Lipinski definition) is 3. The molecule has 0 spiro atoms. The van der Waals surface area contributed by atoms with Crippen LogP contribution in [0.1, 0.15) is 33.6 Å². The second kappa shape index (κ2) is 6.21. The number of aliphatic hydroxyl groups excluding tert-OH is 1. The molecule has 2 N–H and O–H groups in total. The van der Waals surface area contributed by atoms with Crippen LogP contribution in [0.3, 0.4) is 0 Å². The molecule has 4 heteroatoms. The van der Waals surface area contributed by atoms with Gasteiger partial charge in [0.1, 0.15) is 0 Å². The van der Waals surface area contributed by atoms with Gasteiger partial charge in [0.15, 0.2) is 0 Å². The van der Waals surface area contributed by atoms with Crippen LogP contribution >= 0.6 is 0 Å². The SMILES string of the molecule is CC(C)C(CCO)NC(=O)C1CCOC1C. The summed E-state index contributed by atoms with van der Waals surface area (Å²) in [5, 5.41) is 12.0. The third kappa shape index (κ3) is 3.46. The van der Waals surface area contributed by atoms with Crippen molar-refractivity contribution >= 4 is 5.91 Å². The van der Waals surface area contributed by atoms with Crippen molar-refractivity contribution in [2.75, 3.05) is 13.2 Å². The van der Waals surface area contributed by atoms with Gasteiger partial charge in [-0.2, -0.15) is 0 Å². The first-order valence-electron chi connectivity index (χ1n) is 6.09. The molecule has 0 bridgehead atoms. The largest absolute Gasteiger partial charge is 0.396 e. The van der Waals surface area contributed by atoms with E-state index in [2.05, 4.69) is 19.2 Å². The maximum Gasteiger partial charge on any atom is 0.226 e. The summed E-state index contributed by atoms with van der Waals surface area (Å²) in [5.41, 5.74) is 0. The van der Waals surface area contributed by atoms with Crippen LogP contribution in [0.4, 0.5) is 0 Å². The summed E-state index contributed by atoms with van der Waals surface area (Å²) in [7, 11) is 0. The van der Waals surface area contributed by atoms with Gasteiger partial charge in [0.05, 0.1) is 12.0 Å². The number of ether oxygens (including phenoxy) is 1. The van der Waals surface area contributed by atoms with Gasteiger partial charge in [-0.15, -0.1) is 0 Å². The second-order valence-corrected chi connectivity index (χ2v) is 4.84. The molecule has 94 valence electrons. The first-order valence-corrected chi connectivity index (χ1v) is 6.09. The Morgan fingerprint density at radius 3 is 2.69 bits per heavy atom. The zero-order chi connectivity index (χ0) is 12.1. The maximum absolute atomic E-state index is 12.0. The van der Waals surface area contributed by atoms with Crippen LogP contribution in [0.5, 0.6) is 0 Å². The number of amides is 1. The number of nitrogens with one attached hydrogen (secondary N) is 1. The molecule has 0 aromatic heterocycles. The number of hydrogen-bond donors (Lipinski definition) is 2. The lowest BCUT2D eigenvalue weighted by Gasteiger charge is -2.24. The first-order chi connectivity index (χ1) is 7.56. The van der Waals surface area contributed by atoms with E-state index in [4.69, 9.17) is 9.84 Å². The summed E-state index contributed by atoms with van der Waals surface area (Å²) in [6.45, 7) is 6.82. The van der Waals surface area contributed by atoms with Gasteiger partial charge in [-0.1, -0.05) is 13.8 Å². The highest BCUT2D eigenvalue weighted by molar-refractivity contribution is 5.79. The zero-order valence-electron chi connectivity index (χ0n) is 10.4. The smallest absolute Gasteiger partial charge is 0.226 e. The Bertz CT molecular complexity index is 230. The van der Waals surface area contributed by atoms with Crippen molar-refractivity contribution < 1.29 is 14.6 Å². The van der Waals surface area contributed by atoms with Gasteiger partial charge in [-0.25, -0.2) is 0 Å².